The Labute approximate surface area is 107 Å². The molecule has 0 radical (unpaired) electrons. The van der Waals surface area contributed by atoms with Gasteiger partial charge in [-0.2, -0.15) is 0 Å². The molecule has 6 nitrogen and oxygen atoms in total. The van der Waals surface area contributed by atoms with Crippen LogP contribution in [0.1, 0.15) is 6.92 Å². The first-order chi connectivity index (χ1) is 7.90. The van der Waals surface area contributed by atoms with Crippen molar-refractivity contribution in [2.24, 2.45) is 0 Å². The lowest BCUT2D eigenvalue weighted by atomic mass is 10.3. The van der Waals surface area contributed by atoms with Crippen molar-refractivity contribution in [2.75, 3.05) is 5.32 Å². The van der Waals surface area contributed by atoms with E-state index in [9.17, 15) is 14.9 Å². The summed E-state index contributed by atoms with van der Waals surface area (Å²) in [6, 6.07) is 3.89. The number of hydrogen-bond donors (Lipinski definition) is 2. The van der Waals surface area contributed by atoms with Gasteiger partial charge in [-0.1, -0.05) is 11.6 Å². The van der Waals surface area contributed by atoms with Crippen LogP contribution in [0.15, 0.2) is 18.2 Å². The summed E-state index contributed by atoms with van der Waals surface area (Å²) in [5.74, 6) is -0.319. The molecule has 0 saturated heterocycles. The molecule has 17 heavy (non-hydrogen) atoms. The van der Waals surface area contributed by atoms with Crippen molar-refractivity contribution in [1.29, 1.82) is 0 Å². The number of rotatable bonds is 2. The molecular formula is C9H8ClN3O3S. The van der Waals surface area contributed by atoms with Crippen LogP contribution in [-0.2, 0) is 4.79 Å². The molecule has 90 valence electrons. The summed E-state index contributed by atoms with van der Waals surface area (Å²) in [7, 11) is 0. The number of non-ortho nitro benzene ring substituents is 1. The van der Waals surface area contributed by atoms with Crippen molar-refractivity contribution in [3.8, 4) is 0 Å². The first-order valence-electron chi connectivity index (χ1n) is 4.42. The van der Waals surface area contributed by atoms with Gasteiger partial charge in [-0.05, 0) is 18.3 Å². The second-order valence-electron chi connectivity index (χ2n) is 3.06. The van der Waals surface area contributed by atoms with Gasteiger partial charge in [0.15, 0.2) is 5.11 Å². The summed E-state index contributed by atoms with van der Waals surface area (Å²) in [5, 5.41) is 15.7. The SMILES string of the molecule is CC(=O)NC(=S)Nc1ccc([N+](=O)[O-])cc1Cl. The standard InChI is InChI=1S/C9H8ClN3O3S/c1-5(14)11-9(17)12-8-3-2-6(13(15)16)4-7(8)10/h2-4H,1H3,(H2,11,12,14,17). The molecule has 1 aromatic rings. The average molecular weight is 274 g/mol. The number of amides is 1. The minimum atomic E-state index is -0.554. The van der Waals surface area contributed by atoms with Gasteiger partial charge in [0.25, 0.3) is 5.69 Å². The molecule has 8 heteroatoms. The largest absolute Gasteiger partial charge is 0.331 e. The molecule has 0 aliphatic rings. The van der Waals surface area contributed by atoms with E-state index in [2.05, 4.69) is 10.6 Å². The second kappa shape index (κ2) is 5.55. The maximum atomic E-state index is 10.7. The highest BCUT2D eigenvalue weighted by Gasteiger charge is 2.10. The number of benzene rings is 1. The van der Waals surface area contributed by atoms with Crippen LogP contribution in [0.3, 0.4) is 0 Å². The van der Waals surface area contributed by atoms with E-state index >= 15 is 0 Å². The summed E-state index contributed by atoms with van der Waals surface area (Å²) < 4.78 is 0. The number of nitrogens with zero attached hydrogens (tertiary/aromatic N) is 1. The molecular weight excluding hydrogens is 266 g/mol. The molecule has 2 N–H and O–H groups in total. The zero-order valence-electron chi connectivity index (χ0n) is 8.69. The quantitative estimate of drug-likeness (QED) is 0.490. The fourth-order valence-electron chi connectivity index (χ4n) is 1.03. The van der Waals surface area contributed by atoms with E-state index < -0.39 is 4.92 Å². The Bertz CT molecular complexity index is 492. The van der Waals surface area contributed by atoms with Crippen LogP contribution in [-0.4, -0.2) is 15.9 Å². The fourth-order valence-corrected chi connectivity index (χ4v) is 1.51. The molecule has 0 saturated carbocycles. The molecule has 0 unspecified atom stereocenters. The average Bonchev–Trinajstić information content (AvgIpc) is 2.19. The van der Waals surface area contributed by atoms with Crippen LogP contribution >= 0.6 is 23.8 Å². The highest BCUT2D eigenvalue weighted by atomic mass is 35.5. The number of nitrogens with one attached hydrogen (secondary N) is 2. The van der Waals surface area contributed by atoms with Crippen molar-refractivity contribution >= 4 is 46.2 Å². The Morgan fingerprint density at radius 2 is 2.18 bits per heavy atom. The smallest absolute Gasteiger partial charge is 0.271 e. The predicted molar refractivity (Wildman–Crippen MR) is 68.1 cm³/mol. The molecule has 0 fully saturated rings. The third kappa shape index (κ3) is 3.97. The zero-order chi connectivity index (χ0) is 13.0. The Hall–Kier alpha value is -1.73. The summed E-state index contributed by atoms with van der Waals surface area (Å²) in [6.45, 7) is 1.31. The lowest BCUT2D eigenvalue weighted by Crippen LogP contribution is -2.32. The Morgan fingerprint density at radius 3 is 2.65 bits per heavy atom. The molecule has 1 amide bonds. The molecule has 1 aromatic carbocycles. The number of anilines is 1. The van der Waals surface area contributed by atoms with Gasteiger partial charge in [0.1, 0.15) is 0 Å². The molecule has 0 atom stereocenters. The minimum Gasteiger partial charge on any atom is -0.331 e. The third-order valence-electron chi connectivity index (χ3n) is 1.70. The van der Waals surface area contributed by atoms with Crippen LogP contribution in [0.2, 0.25) is 5.02 Å². The molecule has 0 bridgehead atoms. The van der Waals surface area contributed by atoms with E-state index in [1.807, 2.05) is 0 Å². The van der Waals surface area contributed by atoms with Gasteiger partial charge in [0, 0.05) is 19.1 Å². The Kier molecular flexibility index (Phi) is 4.36. The monoisotopic (exact) mass is 273 g/mol. The third-order valence-corrected chi connectivity index (χ3v) is 2.22. The van der Waals surface area contributed by atoms with Crippen molar-refractivity contribution in [1.82, 2.24) is 5.32 Å². The van der Waals surface area contributed by atoms with E-state index in [1.54, 1.807) is 0 Å². The number of carbonyl (C=O) groups excluding carboxylic acids is 1. The number of nitro benzene ring substituents is 1. The van der Waals surface area contributed by atoms with E-state index in [0.29, 0.717) is 5.69 Å². The number of nitro groups is 1. The summed E-state index contributed by atoms with van der Waals surface area (Å²) >= 11 is 10.6. The van der Waals surface area contributed by atoms with Crippen LogP contribution < -0.4 is 10.6 Å². The summed E-state index contributed by atoms with van der Waals surface area (Å²) in [5.41, 5.74) is 0.266. The van der Waals surface area contributed by atoms with E-state index in [4.69, 9.17) is 23.8 Å². The number of hydrogen-bond acceptors (Lipinski definition) is 4. The van der Waals surface area contributed by atoms with Gasteiger partial charge in [0.05, 0.1) is 15.6 Å². The zero-order valence-corrected chi connectivity index (χ0v) is 10.3. The highest BCUT2D eigenvalue weighted by Crippen LogP contribution is 2.26. The maximum Gasteiger partial charge on any atom is 0.271 e. The van der Waals surface area contributed by atoms with Gasteiger partial charge in [0.2, 0.25) is 5.91 Å². The van der Waals surface area contributed by atoms with E-state index in [-0.39, 0.29) is 21.7 Å². The summed E-state index contributed by atoms with van der Waals surface area (Å²) in [4.78, 5) is 20.6. The van der Waals surface area contributed by atoms with E-state index in [1.165, 1.54) is 25.1 Å². The van der Waals surface area contributed by atoms with Gasteiger partial charge >= 0.3 is 0 Å². The van der Waals surface area contributed by atoms with Crippen molar-refractivity contribution in [3.63, 3.8) is 0 Å². The van der Waals surface area contributed by atoms with Gasteiger partial charge in [-0.3, -0.25) is 14.9 Å². The Morgan fingerprint density at radius 1 is 1.53 bits per heavy atom. The number of thiocarbonyl (C=S) groups is 1. The lowest BCUT2D eigenvalue weighted by molar-refractivity contribution is -0.384. The molecule has 0 aliphatic heterocycles. The lowest BCUT2D eigenvalue weighted by Gasteiger charge is -2.09. The summed E-state index contributed by atoms with van der Waals surface area (Å²) in [6.07, 6.45) is 0. The van der Waals surface area contributed by atoms with Gasteiger partial charge < -0.3 is 10.6 Å². The first kappa shape index (κ1) is 13.3. The molecule has 0 heterocycles. The topological polar surface area (TPSA) is 84.3 Å². The molecule has 0 aliphatic carbocycles. The molecule has 0 spiro atoms. The van der Waals surface area contributed by atoms with Crippen molar-refractivity contribution < 1.29 is 9.72 Å². The number of halogens is 1. The van der Waals surface area contributed by atoms with Gasteiger partial charge in [-0.15, -0.1) is 0 Å². The highest BCUT2D eigenvalue weighted by molar-refractivity contribution is 7.80. The Balaban J connectivity index is 2.83. The van der Waals surface area contributed by atoms with Crippen LogP contribution in [0.5, 0.6) is 0 Å². The fraction of sp³-hybridized carbons (Fsp3) is 0.111. The number of carbonyl (C=O) groups is 1. The van der Waals surface area contributed by atoms with Crippen LogP contribution in [0.25, 0.3) is 0 Å². The minimum absolute atomic E-state index is 0.0771. The second-order valence-corrected chi connectivity index (χ2v) is 3.87. The first-order valence-corrected chi connectivity index (χ1v) is 5.21. The van der Waals surface area contributed by atoms with Crippen LogP contribution in [0.4, 0.5) is 11.4 Å². The normalized spacial score (nSPS) is 9.53. The molecule has 1 rings (SSSR count). The van der Waals surface area contributed by atoms with Gasteiger partial charge in [-0.25, -0.2) is 0 Å². The predicted octanol–water partition coefficient (Wildman–Crippen LogP) is 2.08. The van der Waals surface area contributed by atoms with Crippen molar-refractivity contribution in [2.45, 2.75) is 6.92 Å². The molecule has 0 aromatic heterocycles. The van der Waals surface area contributed by atoms with Crippen LogP contribution in [0, 0.1) is 10.1 Å². The maximum absolute atomic E-state index is 10.7. The van der Waals surface area contributed by atoms with E-state index in [0.717, 1.165) is 0 Å². The van der Waals surface area contributed by atoms with Crippen molar-refractivity contribution in [3.05, 3.63) is 33.3 Å².